The van der Waals surface area contributed by atoms with Gasteiger partial charge in [-0.2, -0.15) is 0 Å². The van der Waals surface area contributed by atoms with Crippen LogP contribution in [-0.4, -0.2) is 66.1 Å². The number of allylic oxidation sites excluding steroid dienone is 3. The molecule has 7 atom stereocenters. The van der Waals surface area contributed by atoms with Gasteiger partial charge in [0.25, 0.3) is 6.43 Å². The molecule has 4 aliphatic rings. The standard InChI is InChI=1S/C28H43F2NO3/c1-18(10-12-31-13-14-34-26(17-31)27(29)30)23-8-9-24-20(5-4-11-28(23,24)3)6-7-21-15-22(32)16-25(33)19(21)2/h6-7,18,22-27,32-33H,2,4-5,8-17H2,1,3H3/t18?,22-,23-,24+,25+,26?,28-/m1/s1. The van der Waals surface area contributed by atoms with E-state index in [4.69, 9.17) is 4.74 Å². The molecule has 1 aliphatic heterocycles. The first-order valence-electron chi connectivity index (χ1n) is 13.3. The second-order valence-corrected chi connectivity index (χ2v) is 11.5. The van der Waals surface area contributed by atoms with E-state index in [2.05, 4.69) is 37.5 Å². The van der Waals surface area contributed by atoms with Crippen molar-refractivity contribution in [2.45, 2.75) is 90.0 Å². The third-order valence-corrected chi connectivity index (χ3v) is 9.35. The molecule has 6 heteroatoms. The van der Waals surface area contributed by atoms with E-state index in [0.717, 1.165) is 37.1 Å². The average Bonchev–Trinajstić information content (AvgIpc) is 3.16. The van der Waals surface area contributed by atoms with Gasteiger partial charge in [-0.15, -0.1) is 0 Å². The first-order valence-corrected chi connectivity index (χ1v) is 13.3. The third kappa shape index (κ3) is 5.50. The molecule has 2 N–H and O–H groups in total. The number of hydrogen-bond acceptors (Lipinski definition) is 4. The summed E-state index contributed by atoms with van der Waals surface area (Å²) in [5.74, 6) is 1.78. The van der Waals surface area contributed by atoms with E-state index in [1.165, 1.54) is 31.3 Å². The van der Waals surface area contributed by atoms with E-state index in [1.54, 1.807) is 0 Å². The summed E-state index contributed by atoms with van der Waals surface area (Å²) < 4.78 is 31.3. The predicted molar refractivity (Wildman–Crippen MR) is 131 cm³/mol. The Labute approximate surface area is 203 Å². The molecular formula is C28H43F2NO3. The number of nitrogens with zero attached hydrogens (tertiary/aromatic N) is 1. The highest BCUT2D eigenvalue weighted by molar-refractivity contribution is 5.38. The van der Waals surface area contributed by atoms with Crippen LogP contribution in [-0.2, 0) is 4.74 Å². The Balaban J connectivity index is 1.39. The Hall–Kier alpha value is -1.08. The van der Waals surface area contributed by atoms with Crippen molar-refractivity contribution in [3.63, 3.8) is 0 Å². The van der Waals surface area contributed by atoms with Crippen molar-refractivity contribution in [3.8, 4) is 0 Å². The van der Waals surface area contributed by atoms with Crippen molar-refractivity contribution >= 4 is 0 Å². The quantitative estimate of drug-likeness (QED) is 0.555. The Morgan fingerprint density at radius 1 is 1.26 bits per heavy atom. The van der Waals surface area contributed by atoms with Crippen LogP contribution < -0.4 is 0 Å². The lowest BCUT2D eigenvalue weighted by molar-refractivity contribution is -0.103. The van der Waals surface area contributed by atoms with E-state index >= 15 is 0 Å². The SMILES string of the molecule is C=C1C(=CC=C2CCC[C@]3(C)[C@@H](C(C)CCN4CCOC(C(F)F)C4)CC[C@@H]23)C[C@@H](O)C[C@@H]1O. The van der Waals surface area contributed by atoms with Gasteiger partial charge >= 0.3 is 0 Å². The monoisotopic (exact) mass is 479 g/mol. The van der Waals surface area contributed by atoms with Gasteiger partial charge in [-0.3, -0.25) is 4.90 Å². The van der Waals surface area contributed by atoms with Crippen LogP contribution in [0.1, 0.15) is 65.2 Å². The molecule has 4 nitrogen and oxygen atoms in total. The first-order chi connectivity index (χ1) is 16.2. The minimum absolute atomic E-state index is 0.279. The van der Waals surface area contributed by atoms with Gasteiger partial charge in [-0.25, -0.2) is 8.78 Å². The summed E-state index contributed by atoms with van der Waals surface area (Å²) in [6, 6.07) is 0. The summed E-state index contributed by atoms with van der Waals surface area (Å²) in [6.45, 7) is 11.2. The van der Waals surface area contributed by atoms with Crippen LogP contribution in [0.3, 0.4) is 0 Å². The molecule has 0 aromatic rings. The molecule has 0 radical (unpaired) electrons. The normalized spacial score (nSPS) is 40.8. The van der Waals surface area contributed by atoms with Crippen molar-refractivity contribution in [2.24, 2.45) is 23.2 Å². The number of ether oxygens (including phenoxy) is 1. The van der Waals surface area contributed by atoms with E-state index < -0.39 is 24.7 Å². The Morgan fingerprint density at radius 3 is 2.82 bits per heavy atom. The molecule has 0 amide bonds. The highest BCUT2D eigenvalue weighted by Gasteiger charge is 2.50. The van der Waals surface area contributed by atoms with Gasteiger partial charge in [-0.1, -0.05) is 38.2 Å². The van der Waals surface area contributed by atoms with Crippen molar-refractivity contribution in [1.82, 2.24) is 4.90 Å². The molecule has 0 bridgehead atoms. The molecule has 0 aromatic heterocycles. The van der Waals surface area contributed by atoms with E-state index in [0.29, 0.717) is 43.7 Å². The van der Waals surface area contributed by atoms with Crippen molar-refractivity contribution < 1.29 is 23.7 Å². The molecule has 2 unspecified atom stereocenters. The molecule has 1 saturated heterocycles. The van der Waals surface area contributed by atoms with Crippen LogP contribution in [0.4, 0.5) is 8.78 Å². The summed E-state index contributed by atoms with van der Waals surface area (Å²) in [6.07, 6.45) is 7.83. The van der Waals surface area contributed by atoms with E-state index in [1.807, 2.05) is 0 Å². The molecule has 34 heavy (non-hydrogen) atoms. The maximum absolute atomic E-state index is 13.1. The van der Waals surface area contributed by atoms with Gasteiger partial charge in [0.2, 0.25) is 0 Å². The molecule has 4 rings (SSSR count). The van der Waals surface area contributed by atoms with Gasteiger partial charge in [0, 0.05) is 19.5 Å². The summed E-state index contributed by atoms with van der Waals surface area (Å²) in [7, 11) is 0. The van der Waals surface area contributed by atoms with Gasteiger partial charge in [0.1, 0.15) is 6.10 Å². The van der Waals surface area contributed by atoms with Crippen LogP contribution >= 0.6 is 0 Å². The number of rotatable bonds is 6. The first kappa shape index (κ1) is 26.0. The van der Waals surface area contributed by atoms with Crippen LogP contribution in [0.5, 0.6) is 0 Å². The zero-order valence-electron chi connectivity index (χ0n) is 20.9. The highest BCUT2D eigenvalue weighted by Crippen LogP contribution is 2.59. The summed E-state index contributed by atoms with van der Waals surface area (Å²) in [5.41, 5.74) is 3.50. The Bertz CT molecular complexity index is 797. The van der Waals surface area contributed by atoms with Gasteiger partial charge in [0.05, 0.1) is 18.8 Å². The molecule has 192 valence electrons. The average molecular weight is 480 g/mol. The van der Waals surface area contributed by atoms with Gasteiger partial charge in [-0.05, 0) is 85.8 Å². The fourth-order valence-corrected chi connectivity index (χ4v) is 7.35. The number of aliphatic hydroxyl groups excluding tert-OH is 2. The van der Waals surface area contributed by atoms with Crippen molar-refractivity contribution in [2.75, 3.05) is 26.2 Å². The van der Waals surface area contributed by atoms with Gasteiger partial charge < -0.3 is 14.9 Å². The number of alkyl halides is 2. The fourth-order valence-electron chi connectivity index (χ4n) is 7.35. The number of morpholine rings is 1. The Morgan fingerprint density at radius 2 is 2.06 bits per heavy atom. The summed E-state index contributed by atoms with van der Waals surface area (Å²) in [4.78, 5) is 2.16. The van der Waals surface area contributed by atoms with E-state index in [-0.39, 0.29) is 5.41 Å². The molecule has 3 saturated carbocycles. The lowest BCUT2D eigenvalue weighted by atomic mass is 9.61. The zero-order chi connectivity index (χ0) is 24.5. The second-order valence-electron chi connectivity index (χ2n) is 11.5. The molecule has 1 heterocycles. The smallest absolute Gasteiger partial charge is 0.265 e. The maximum Gasteiger partial charge on any atom is 0.265 e. The van der Waals surface area contributed by atoms with Gasteiger partial charge in [0.15, 0.2) is 0 Å². The van der Waals surface area contributed by atoms with Crippen molar-refractivity contribution in [3.05, 3.63) is 35.5 Å². The number of halogens is 2. The van der Waals surface area contributed by atoms with Crippen LogP contribution in [0.25, 0.3) is 0 Å². The summed E-state index contributed by atoms with van der Waals surface area (Å²) in [5, 5.41) is 20.2. The number of fused-ring (bicyclic) bond motifs is 1. The predicted octanol–water partition coefficient (Wildman–Crippen LogP) is 5.12. The van der Waals surface area contributed by atoms with Crippen molar-refractivity contribution in [1.29, 1.82) is 0 Å². The third-order valence-electron chi connectivity index (χ3n) is 9.35. The van der Waals surface area contributed by atoms with Crippen LogP contribution in [0.2, 0.25) is 0 Å². The van der Waals surface area contributed by atoms with Crippen LogP contribution in [0, 0.1) is 23.2 Å². The largest absolute Gasteiger partial charge is 0.393 e. The molecular weight excluding hydrogens is 436 g/mol. The molecule has 4 fully saturated rings. The molecule has 3 aliphatic carbocycles. The fraction of sp³-hybridized carbons (Fsp3) is 0.786. The minimum Gasteiger partial charge on any atom is -0.393 e. The highest BCUT2D eigenvalue weighted by atomic mass is 19.3. The second kappa shape index (κ2) is 10.9. The maximum atomic E-state index is 13.1. The summed E-state index contributed by atoms with van der Waals surface area (Å²) >= 11 is 0. The van der Waals surface area contributed by atoms with E-state index in [9.17, 15) is 19.0 Å². The Kier molecular flexibility index (Phi) is 8.33. The minimum atomic E-state index is -2.41. The molecule has 0 spiro atoms. The number of aliphatic hydroxyl groups is 2. The molecule has 0 aromatic carbocycles. The lowest BCUT2D eigenvalue weighted by Crippen LogP contribution is -2.46. The zero-order valence-corrected chi connectivity index (χ0v) is 20.9. The number of hydrogen-bond donors (Lipinski definition) is 2. The lowest BCUT2D eigenvalue weighted by Gasteiger charge is -2.45. The topological polar surface area (TPSA) is 52.9 Å². The van der Waals surface area contributed by atoms with Crippen LogP contribution in [0.15, 0.2) is 35.5 Å².